The number of likely N-dealkylation sites (N-methyl/N-ethyl adjacent to an activating group) is 1. The van der Waals surface area contributed by atoms with E-state index in [4.69, 9.17) is 4.74 Å². The molecule has 0 atom stereocenters. The Bertz CT molecular complexity index is 672. The maximum atomic E-state index is 6.19. The molecule has 0 saturated carbocycles. The van der Waals surface area contributed by atoms with Crippen LogP contribution in [0.3, 0.4) is 0 Å². The van der Waals surface area contributed by atoms with Crippen LogP contribution in [-0.2, 0) is 0 Å². The summed E-state index contributed by atoms with van der Waals surface area (Å²) >= 11 is 0. The van der Waals surface area contributed by atoms with E-state index in [2.05, 4.69) is 54.6 Å². The molecule has 124 valence electrons. The lowest BCUT2D eigenvalue weighted by atomic mass is 10.1. The Balaban J connectivity index is 2.33. The Morgan fingerprint density at radius 3 is 2.22 bits per heavy atom. The van der Waals surface area contributed by atoms with Crippen LogP contribution in [0.5, 0.6) is 11.6 Å². The van der Waals surface area contributed by atoms with Crippen LogP contribution in [0.25, 0.3) is 0 Å². The van der Waals surface area contributed by atoms with Gasteiger partial charge in [-0.1, -0.05) is 17.7 Å². The Labute approximate surface area is 139 Å². The zero-order chi connectivity index (χ0) is 17.0. The van der Waals surface area contributed by atoms with Crippen LogP contribution in [0.1, 0.15) is 27.9 Å². The highest BCUT2D eigenvalue weighted by Crippen LogP contribution is 2.33. The fraction of sp³-hybridized carbons (Fsp3) is 0.421. The van der Waals surface area contributed by atoms with Gasteiger partial charge in [-0.25, -0.2) is 4.98 Å². The molecule has 1 aromatic carbocycles. The van der Waals surface area contributed by atoms with Crippen LogP contribution >= 0.6 is 0 Å². The maximum Gasteiger partial charge on any atom is 0.224 e. The number of hydrogen-bond donors (Lipinski definition) is 2. The van der Waals surface area contributed by atoms with Crippen molar-refractivity contribution in [2.45, 2.75) is 34.6 Å². The van der Waals surface area contributed by atoms with Crippen LogP contribution in [-0.4, -0.2) is 25.1 Å². The number of hydrogen-bond acceptors (Lipinski definition) is 4. The molecule has 0 aliphatic heterocycles. The number of ether oxygens (including phenoxy) is 1. The second kappa shape index (κ2) is 7.47. The zero-order valence-electron chi connectivity index (χ0n) is 15.0. The number of nitrogens with one attached hydrogen (secondary N) is 2. The van der Waals surface area contributed by atoms with Crippen molar-refractivity contribution < 1.29 is 4.74 Å². The maximum absolute atomic E-state index is 6.19. The average molecular weight is 313 g/mol. The predicted octanol–water partition coefficient (Wildman–Crippen LogP) is 4.05. The van der Waals surface area contributed by atoms with E-state index in [0.29, 0.717) is 5.88 Å². The molecular weight excluding hydrogens is 286 g/mol. The van der Waals surface area contributed by atoms with Crippen LogP contribution in [0, 0.1) is 34.6 Å². The summed E-state index contributed by atoms with van der Waals surface area (Å²) in [4.78, 5) is 4.58. The van der Waals surface area contributed by atoms with Gasteiger partial charge in [0.2, 0.25) is 5.88 Å². The molecule has 0 unspecified atom stereocenters. The van der Waals surface area contributed by atoms with Gasteiger partial charge < -0.3 is 15.4 Å². The van der Waals surface area contributed by atoms with E-state index >= 15 is 0 Å². The van der Waals surface area contributed by atoms with Gasteiger partial charge in [0, 0.05) is 30.0 Å². The lowest BCUT2D eigenvalue weighted by Gasteiger charge is -2.17. The normalized spacial score (nSPS) is 10.7. The number of anilines is 1. The van der Waals surface area contributed by atoms with Crippen LogP contribution < -0.4 is 15.4 Å². The summed E-state index contributed by atoms with van der Waals surface area (Å²) < 4.78 is 6.19. The first kappa shape index (κ1) is 17.3. The third-order valence-corrected chi connectivity index (χ3v) is 3.85. The molecule has 2 rings (SSSR count). The summed E-state index contributed by atoms with van der Waals surface area (Å²) in [5.41, 5.74) is 6.57. The van der Waals surface area contributed by atoms with E-state index in [-0.39, 0.29) is 0 Å². The molecule has 0 spiro atoms. The molecule has 0 aliphatic rings. The van der Waals surface area contributed by atoms with Gasteiger partial charge in [0.1, 0.15) is 5.75 Å². The number of nitrogens with zero attached hydrogens (tertiary/aromatic N) is 1. The molecule has 0 saturated heterocycles. The van der Waals surface area contributed by atoms with Crippen LogP contribution in [0.2, 0.25) is 0 Å². The lowest BCUT2D eigenvalue weighted by molar-refractivity contribution is 0.451. The minimum Gasteiger partial charge on any atom is -0.438 e. The number of aryl methyl sites for hydroxylation is 4. The predicted molar refractivity (Wildman–Crippen MR) is 96.9 cm³/mol. The molecule has 0 amide bonds. The van der Waals surface area contributed by atoms with E-state index in [0.717, 1.165) is 46.9 Å². The topological polar surface area (TPSA) is 46.2 Å². The van der Waals surface area contributed by atoms with Crippen LogP contribution in [0.15, 0.2) is 18.2 Å². The Morgan fingerprint density at radius 1 is 0.957 bits per heavy atom. The third kappa shape index (κ3) is 4.23. The van der Waals surface area contributed by atoms with Crippen molar-refractivity contribution in [1.29, 1.82) is 0 Å². The lowest BCUT2D eigenvalue weighted by Crippen LogP contribution is -2.18. The van der Waals surface area contributed by atoms with Crippen molar-refractivity contribution in [3.05, 3.63) is 46.1 Å². The second-order valence-corrected chi connectivity index (χ2v) is 6.10. The molecule has 23 heavy (non-hydrogen) atoms. The van der Waals surface area contributed by atoms with Crippen molar-refractivity contribution in [3.63, 3.8) is 0 Å². The second-order valence-electron chi connectivity index (χ2n) is 6.10. The molecule has 0 aliphatic carbocycles. The fourth-order valence-electron chi connectivity index (χ4n) is 2.74. The van der Waals surface area contributed by atoms with Gasteiger partial charge in [-0.05, 0) is 58.9 Å². The molecule has 4 nitrogen and oxygen atoms in total. The molecule has 0 radical (unpaired) electrons. The van der Waals surface area contributed by atoms with E-state index in [1.807, 2.05) is 20.9 Å². The largest absolute Gasteiger partial charge is 0.438 e. The summed E-state index contributed by atoms with van der Waals surface area (Å²) in [6.07, 6.45) is 0. The molecule has 2 N–H and O–H groups in total. The number of aromatic nitrogens is 1. The van der Waals surface area contributed by atoms with Gasteiger partial charge in [0.25, 0.3) is 0 Å². The summed E-state index contributed by atoms with van der Waals surface area (Å²) in [6, 6.07) is 6.34. The van der Waals surface area contributed by atoms with Gasteiger partial charge >= 0.3 is 0 Å². The summed E-state index contributed by atoms with van der Waals surface area (Å²) in [5.74, 6) is 1.57. The Kier molecular flexibility index (Phi) is 5.61. The first-order chi connectivity index (χ1) is 10.9. The number of benzene rings is 1. The van der Waals surface area contributed by atoms with Crippen molar-refractivity contribution in [2.75, 3.05) is 25.5 Å². The van der Waals surface area contributed by atoms with E-state index in [9.17, 15) is 0 Å². The molecular formula is C19H27N3O. The van der Waals surface area contributed by atoms with Gasteiger partial charge in [-0.3, -0.25) is 0 Å². The van der Waals surface area contributed by atoms with E-state index in [1.54, 1.807) is 0 Å². The SMILES string of the molecule is CNCCNc1cc(C)nc(Oc2c(C)cc(C)cc2C)c1C. The molecule has 1 heterocycles. The molecule has 0 fully saturated rings. The number of pyridine rings is 1. The molecule has 0 bridgehead atoms. The summed E-state index contributed by atoms with van der Waals surface area (Å²) in [5, 5.41) is 6.57. The van der Waals surface area contributed by atoms with E-state index in [1.165, 1.54) is 5.56 Å². The Morgan fingerprint density at radius 2 is 1.61 bits per heavy atom. The monoisotopic (exact) mass is 313 g/mol. The standard InChI is InChI=1S/C19H27N3O/c1-12-9-13(2)18(14(3)10-12)23-19-16(5)17(11-15(4)22-19)21-8-7-20-6/h9-11,20H,7-8H2,1-6H3,(H,21,22). The van der Waals surface area contributed by atoms with Gasteiger partial charge in [-0.15, -0.1) is 0 Å². The zero-order valence-corrected chi connectivity index (χ0v) is 15.0. The summed E-state index contributed by atoms with van der Waals surface area (Å²) in [7, 11) is 1.95. The quantitative estimate of drug-likeness (QED) is 0.790. The highest BCUT2D eigenvalue weighted by atomic mass is 16.5. The molecule has 1 aromatic heterocycles. The van der Waals surface area contributed by atoms with E-state index < -0.39 is 0 Å². The fourth-order valence-corrected chi connectivity index (χ4v) is 2.74. The highest BCUT2D eigenvalue weighted by molar-refractivity contribution is 5.57. The van der Waals surface area contributed by atoms with Gasteiger partial charge in [0.05, 0.1) is 0 Å². The molecule has 4 heteroatoms. The van der Waals surface area contributed by atoms with Gasteiger partial charge in [-0.2, -0.15) is 0 Å². The van der Waals surface area contributed by atoms with Crippen molar-refractivity contribution in [3.8, 4) is 11.6 Å². The van der Waals surface area contributed by atoms with Crippen molar-refractivity contribution in [2.24, 2.45) is 0 Å². The van der Waals surface area contributed by atoms with Crippen LogP contribution in [0.4, 0.5) is 5.69 Å². The summed E-state index contributed by atoms with van der Waals surface area (Å²) in [6.45, 7) is 12.1. The minimum absolute atomic E-state index is 0.673. The average Bonchev–Trinajstić information content (AvgIpc) is 2.47. The first-order valence-electron chi connectivity index (χ1n) is 8.04. The minimum atomic E-state index is 0.673. The number of rotatable bonds is 6. The smallest absolute Gasteiger partial charge is 0.224 e. The van der Waals surface area contributed by atoms with Gasteiger partial charge in [0.15, 0.2) is 0 Å². The highest BCUT2D eigenvalue weighted by Gasteiger charge is 2.13. The molecule has 2 aromatic rings. The Hall–Kier alpha value is -2.07. The van der Waals surface area contributed by atoms with Crippen molar-refractivity contribution >= 4 is 5.69 Å². The third-order valence-electron chi connectivity index (χ3n) is 3.85. The van der Waals surface area contributed by atoms with Crippen molar-refractivity contribution in [1.82, 2.24) is 10.3 Å². The first-order valence-corrected chi connectivity index (χ1v) is 8.04.